The number of aryl methyl sites for hydroxylation is 2. The van der Waals surface area contributed by atoms with Crippen molar-refractivity contribution in [3.63, 3.8) is 0 Å². The quantitative estimate of drug-likeness (QED) is 0.812. The van der Waals surface area contributed by atoms with E-state index in [0.29, 0.717) is 13.1 Å². The van der Waals surface area contributed by atoms with E-state index >= 15 is 0 Å². The third-order valence-electron chi connectivity index (χ3n) is 3.70. The Morgan fingerprint density at radius 1 is 1.55 bits per heavy atom. The second-order valence-electron chi connectivity index (χ2n) is 5.14. The van der Waals surface area contributed by atoms with E-state index in [4.69, 9.17) is 4.74 Å². The van der Waals surface area contributed by atoms with E-state index in [0.717, 1.165) is 21.2 Å². The smallest absolute Gasteiger partial charge is 0.308 e. The number of fused-ring (bicyclic) bond motifs is 1. The van der Waals surface area contributed by atoms with Gasteiger partial charge >= 0.3 is 5.97 Å². The molecule has 1 saturated heterocycles. The maximum absolute atomic E-state index is 12.1. The molecule has 2 aromatic rings. The molecule has 118 valence electrons. The molecule has 1 fully saturated rings. The van der Waals surface area contributed by atoms with Crippen molar-refractivity contribution in [3.05, 3.63) is 5.69 Å². The molecule has 0 saturated carbocycles. The predicted molar refractivity (Wildman–Crippen MR) is 81.9 cm³/mol. The number of methoxy groups -OCH3 is 1. The van der Waals surface area contributed by atoms with Crippen LogP contribution in [0.3, 0.4) is 0 Å². The van der Waals surface area contributed by atoms with Gasteiger partial charge in [0.1, 0.15) is 6.04 Å². The molecule has 1 aliphatic rings. The molecule has 9 heteroatoms. The minimum atomic E-state index is -0.588. The Hall–Kier alpha value is -2.16. The lowest BCUT2D eigenvalue weighted by molar-refractivity contribution is -0.143. The lowest BCUT2D eigenvalue weighted by Gasteiger charge is -2.34. The maximum Gasteiger partial charge on any atom is 0.308 e. The molecule has 0 unspecified atom stereocenters. The van der Waals surface area contributed by atoms with Crippen LogP contribution in [0.25, 0.3) is 10.3 Å². The van der Waals surface area contributed by atoms with Crippen LogP contribution in [-0.2, 0) is 21.4 Å². The number of piperazine rings is 1. The first kappa shape index (κ1) is 14.8. The van der Waals surface area contributed by atoms with E-state index in [1.165, 1.54) is 18.4 Å². The third kappa shape index (κ3) is 2.41. The summed E-state index contributed by atoms with van der Waals surface area (Å²) in [6.07, 6.45) is 0.00942. The minimum absolute atomic E-state index is 0.00942. The molecule has 0 bridgehead atoms. The summed E-state index contributed by atoms with van der Waals surface area (Å²) >= 11 is 1.49. The van der Waals surface area contributed by atoms with Gasteiger partial charge < -0.3 is 15.0 Å². The Bertz CT molecular complexity index is 703. The molecule has 1 atom stereocenters. The number of thiazole rings is 1. The van der Waals surface area contributed by atoms with Crippen molar-refractivity contribution in [2.24, 2.45) is 7.05 Å². The number of nitrogens with one attached hydrogen (secondary N) is 1. The number of hydrogen-bond donors (Lipinski definition) is 1. The summed E-state index contributed by atoms with van der Waals surface area (Å²) in [6.45, 7) is 3.07. The number of nitrogens with zero attached hydrogens (tertiary/aromatic N) is 4. The fraction of sp³-hybridized carbons (Fsp3) is 0.538. The Labute approximate surface area is 131 Å². The van der Waals surface area contributed by atoms with E-state index in [-0.39, 0.29) is 12.3 Å². The summed E-state index contributed by atoms with van der Waals surface area (Å²) in [5.74, 6) is -0.586. The first-order valence-corrected chi connectivity index (χ1v) is 7.74. The van der Waals surface area contributed by atoms with Gasteiger partial charge in [-0.15, -0.1) is 0 Å². The number of ether oxygens (including phenoxy) is 1. The third-order valence-corrected chi connectivity index (χ3v) is 4.89. The Kier molecular flexibility index (Phi) is 3.73. The van der Waals surface area contributed by atoms with Crippen LogP contribution in [0, 0.1) is 6.92 Å². The highest BCUT2D eigenvalue weighted by Crippen LogP contribution is 2.32. The van der Waals surface area contributed by atoms with Gasteiger partial charge in [-0.25, -0.2) is 9.67 Å². The van der Waals surface area contributed by atoms with Gasteiger partial charge in [-0.05, 0) is 6.92 Å². The molecule has 1 aliphatic heterocycles. The van der Waals surface area contributed by atoms with E-state index in [2.05, 4.69) is 15.4 Å². The monoisotopic (exact) mass is 323 g/mol. The van der Waals surface area contributed by atoms with Crippen LogP contribution in [0.2, 0.25) is 0 Å². The van der Waals surface area contributed by atoms with Crippen LogP contribution in [0.5, 0.6) is 0 Å². The lowest BCUT2D eigenvalue weighted by Crippen LogP contribution is -2.56. The van der Waals surface area contributed by atoms with Crippen LogP contribution < -0.4 is 10.2 Å². The highest BCUT2D eigenvalue weighted by atomic mass is 32.1. The van der Waals surface area contributed by atoms with Crippen molar-refractivity contribution in [3.8, 4) is 0 Å². The molecular weight excluding hydrogens is 306 g/mol. The number of rotatable bonds is 3. The minimum Gasteiger partial charge on any atom is -0.469 e. The van der Waals surface area contributed by atoms with Crippen LogP contribution in [0.1, 0.15) is 12.1 Å². The first-order chi connectivity index (χ1) is 10.5. The van der Waals surface area contributed by atoms with Gasteiger partial charge in [0, 0.05) is 20.1 Å². The van der Waals surface area contributed by atoms with Crippen molar-refractivity contribution < 1.29 is 14.3 Å². The average molecular weight is 323 g/mol. The SMILES string of the molecule is COC(=O)C[C@@H]1C(=O)NCCN1c1nc2c(s1)c(C)nn2C. The Morgan fingerprint density at radius 2 is 2.32 bits per heavy atom. The molecule has 2 aromatic heterocycles. The molecule has 1 amide bonds. The number of hydrogen-bond acceptors (Lipinski definition) is 7. The van der Waals surface area contributed by atoms with Crippen molar-refractivity contribution in [2.45, 2.75) is 19.4 Å². The molecule has 0 radical (unpaired) electrons. The molecule has 3 rings (SSSR count). The molecular formula is C13H17N5O3S. The normalized spacial score (nSPS) is 18.6. The second-order valence-corrected chi connectivity index (χ2v) is 6.12. The highest BCUT2D eigenvalue weighted by molar-refractivity contribution is 7.22. The van der Waals surface area contributed by atoms with Crippen LogP contribution in [0.4, 0.5) is 5.13 Å². The summed E-state index contributed by atoms with van der Waals surface area (Å²) in [5, 5.41) is 7.84. The Balaban J connectivity index is 1.96. The zero-order chi connectivity index (χ0) is 15.9. The van der Waals surface area contributed by atoms with Gasteiger partial charge in [-0.2, -0.15) is 5.10 Å². The summed E-state index contributed by atoms with van der Waals surface area (Å²) in [6, 6.07) is -0.588. The molecule has 0 aliphatic carbocycles. The molecule has 8 nitrogen and oxygen atoms in total. The highest BCUT2D eigenvalue weighted by Gasteiger charge is 2.34. The molecule has 3 heterocycles. The zero-order valence-corrected chi connectivity index (χ0v) is 13.4. The van der Waals surface area contributed by atoms with E-state index in [1.54, 1.807) is 4.68 Å². The van der Waals surface area contributed by atoms with Crippen molar-refractivity contribution in [1.82, 2.24) is 20.1 Å². The Morgan fingerprint density at radius 3 is 3.00 bits per heavy atom. The van der Waals surface area contributed by atoms with Crippen molar-refractivity contribution in [2.75, 3.05) is 25.1 Å². The number of carbonyl (C=O) groups excluding carboxylic acids is 2. The first-order valence-electron chi connectivity index (χ1n) is 6.92. The average Bonchev–Trinajstić information content (AvgIpc) is 3.03. The number of amides is 1. The predicted octanol–water partition coefficient (Wildman–Crippen LogP) is 0.206. The van der Waals surface area contributed by atoms with Gasteiger partial charge in [-0.3, -0.25) is 9.59 Å². The van der Waals surface area contributed by atoms with E-state index in [1.807, 2.05) is 18.9 Å². The van der Waals surface area contributed by atoms with Gasteiger partial charge in [-0.1, -0.05) is 11.3 Å². The number of anilines is 1. The van der Waals surface area contributed by atoms with Gasteiger partial charge in [0.05, 0.1) is 23.9 Å². The molecule has 0 spiro atoms. The van der Waals surface area contributed by atoms with E-state index in [9.17, 15) is 9.59 Å². The summed E-state index contributed by atoms with van der Waals surface area (Å²) in [7, 11) is 3.16. The standard InChI is InChI=1S/C13H17N5O3S/c1-7-10-11(17(2)16-7)15-13(22-10)18-5-4-14-12(20)8(18)6-9(19)21-3/h8H,4-6H2,1-3H3,(H,14,20)/t8-/m1/s1. The zero-order valence-electron chi connectivity index (χ0n) is 12.6. The largest absolute Gasteiger partial charge is 0.469 e. The fourth-order valence-corrected chi connectivity index (χ4v) is 3.69. The topological polar surface area (TPSA) is 89.3 Å². The van der Waals surface area contributed by atoms with Crippen molar-refractivity contribution in [1.29, 1.82) is 0 Å². The van der Waals surface area contributed by atoms with Crippen LogP contribution >= 0.6 is 11.3 Å². The lowest BCUT2D eigenvalue weighted by atomic mass is 10.1. The number of carbonyl (C=O) groups is 2. The van der Waals surface area contributed by atoms with Crippen LogP contribution in [0.15, 0.2) is 0 Å². The second kappa shape index (κ2) is 5.56. The number of esters is 1. The summed E-state index contributed by atoms with van der Waals surface area (Å²) in [5.41, 5.74) is 1.70. The maximum atomic E-state index is 12.1. The fourth-order valence-electron chi connectivity index (χ4n) is 2.58. The number of aromatic nitrogens is 3. The molecule has 22 heavy (non-hydrogen) atoms. The van der Waals surface area contributed by atoms with Crippen molar-refractivity contribution >= 4 is 38.7 Å². The van der Waals surface area contributed by atoms with Gasteiger partial charge in [0.15, 0.2) is 10.8 Å². The summed E-state index contributed by atoms with van der Waals surface area (Å²) < 4.78 is 7.42. The molecule has 0 aromatic carbocycles. The van der Waals surface area contributed by atoms with E-state index < -0.39 is 12.0 Å². The molecule has 1 N–H and O–H groups in total. The van der Waals surface area contributed by atoms with Gasteiger partial charge in [0.2, 0.25) is 5.91 Å². The van der Waals surface area contributed by atoms with Gasteiger partial charge in [0.25, 0.3) is 0 Å². The van der Waals surface area contributed by atoms with Crippen LogP contribution in [-0.4, -0.2) is 52.9 Å². The summed E-state index contributed by atoms with van der Waals surface area (Å²) in [4.78, 5) is 30.2.